The zero-order valence-corrected chi connectivity index (χ0v) is 62.7. The number of phosphoric ester groups is 1. The summed E-state index contributed by atoms with van der Waals surface area (Å²) in [6, 6.07) is 0. The zero-order valence-electron chi connectivity index (χ0n) is 61.8. The van der Waals surface area contributed by atoms with Crippen molar-refractivity contribution in [1.82, 2.24) is 0 Å². The first kappa shape index (κ1) is 89.7. The van der Waals surface area contributed by atoms with Crippen LogP contribution in [0.2, 0.25) is 0 Å². The van der Waals surface area contributed by atoms with Crippen molar-refractivity contribution in [2.75, 3.05) is 47.5 Å². The van der Waals surface area contributed by atoms with E-state index >= 15 is 0 Å². The average Bonchev–Trinajstić information content (AvgIpc) is 2.23. The molecule has 0 aromatic carbocycles. The number of esters is 2. The fourth-order valence-electron chi connectivity index (χ4n) is 11.9. The Balaban J connectivity index is 3.88. The molecule has 0 aliphatic carbocycles. The predicted molar refractivity (Wildman–Crippen MR) is 397 cm³/mol. The molecule has 0 aromatic heterocycles. The Morgan fingerprint density at radius 1 is 0.348 bits per heavy atom. The molecule has 0 aliphatic heterocycles. The summed E-state index contributed by atoms with van der Waals surface area (Å²) >= 11 is 0. The second-order valence-electron chi connectivity index (χ2n) is 28.4. The summed E-state index contributed by atoms with van der Waals surface area (Å²) in [5, 5.41) is 0. The highest BCUT2D eigenvalue weighted by Gasteiger charge is 2.22. The van der Waals surface area contributed by atoms with Crippen LogP contribution >= 0.6 is 7.82 Å². The van der Waals surface area contributed by atoms with E-state index in [0.717, 1.165) is 57.8 Å². The molecule has 2 atom stereocenters. The number of hydrogen-bond donors (Lipinski definition) is 0. The minimum Gasteiger partial charge on any atom is -0.756 e. The molecule has 0 spiro atoms. The maximum Gasteiger partial charge on any atom is 0.306 e. The molecule has 0 radical (unpaired) electrons. The van der Waals surface area contributed by atoms with Crippen molar-refractivity contribution in [2.24, 2.45) is 0 Å². The Morgan fingerprint density at radius 3 is 0.935 bits per heavy atom. The molecule has 0 aromatic rings. The van der Waals surface area contributed by atoms with Crippen molar-refractivity contribution in [3.8, 4) is 0 Å². The summed E-state index contributed by atoms with van der Waals surface area (Å²) in [6.45, 7) is 4.20. The number of quaternary nitrogens is 1. The van der Waals surface area contributed by atoms with Crippen LogP contribution in [0.1, 0.15) is 399 Å². The van der Waals surface area contributed by atoms with Crippen LogP contribution in [0.4, 0.5) is 0 Å². The Hall–Kier alpha value is -2.29. The summed E-state index contributed by atoms with van der Waals surface area (Å²) in [5.74, 6) is -0.810. The predicted octanol–water partition coefficient (Wildman–Crippen LogP) is 25.9. The Morgan fingerprint density at radius 2 is 0.620 bits per heavy atom. The molecule has 0 aliphatic rings. The number of phosphoric acid groups is 1. The van der Waals surface area contributed by atoms with Crippen molar-refractivity contribution >= 4 is 19.8 Å². The third-order valence-electron chi connectivity index (χ3n) is 18.0. The summed E-state index contributed by atoms with van der Waals surface area (Å²) in [7, 11) is 1.19. The lowest BCUT2D eigenvalue weighted by Gasteiger charge is -2.28. The third-order valence-corrected chi connectivity index (χ3v) is 19.0. The van der Waals surface area contributed by atoms with Crippen LogP contribution in [0, 0.1) is 0 Å². The van der Waals surface area contributed by atoms with Crippen LogP contribution in [0.15, 0.2) is 60.8 Å². The Bertz CT molecular complexity index is 1740. The van der Waals surface area contributed by atoms with Crippen molar-refractivity contribution in [3.05, 3.63) is 60.8 Å². The average molecular weight is 1310 g/mol. The van der Waals surface area contributed by atoms with Crippen LogP contribution in [-0.2, 0) is 32.7 Å². The van der Waals surface area contributed by atoms with Gasteiger partial charge < -0.3 is 27.9 Å². The summed E-state index contributed by atoms with van der Waals surface area (Å²) < 4.78 is 34.4. The highest BCUT2D eigenvalue weighted by Crippen LogP contribution is 2.38. The summed E-state index contributed by atoms with van der Waals surface area (Å²) in [6.07, 6.45) is 97.8. The molecule has 0 fully saturated rings. The molecule has 0 N–H and O–H groups in total. The van der Waals surface area contributed by atoms with E-state index in [1.807, 2.05) is 21.1 Å². The number of likely N-dealkylation sites (N-methyl/N-ethyl adjacent to an activating group) is 1. The molecule has 0 amide bonds. The molecule has 0 bridgehead atoms. The van der Waals surface area contributed by atoms with Crippen LogP contribution in [0.25, 0.3) is 0 Å². The molecule has 0 heterocycles. The van der Waals surface area contributed by atoms with Crippen LogP contribution < -0.4 is 4.89 Å². The van der Waals surface area contributed by atoms with Gasteiger partial charge in [0.15, 0.2) is 6.10 Å². The molecular weight excluding hydrogens is 1160 g/mol. The van der Waals surface area contributed by atoms with Gasteiger partial charge in [-0.1, -0.05) is 370 Å². The Kier molecular flexibility index (Phi) is 71.2. The monoisotopic (exact) mass is 1310 g/mol. The van der Waals surface area contributed by atoms with Crippen molar-refractivity contribution in [2.45, 2.75) is 405 Å². The van der Waals surface area contributed by atoms with Gasteiger partial charge in [0.1, 0.15) is 19.8 Å². The number of hydrogen-bond acceptors (Lipinski definition) is 8. The van der Waals surface area contributed by atoms with Gasteiger partial charge in [-0.15, -0.1) is 0 Å². The van der Waals surface area contributed by atoms with Gasteiger partial charge in [-0.3, -0.25) is 14.2 Å². The van der Waals surface area contributed by atoms with E-state index in [-0.39, 0.29) is 32.0 Å². The van der Waals surface area contributed by atoms with E-state index in [2.05, 4.69) is 74.6 Å². The third kappa shape index (κ3) is 76.7. The van der Waals surface area contributed by atoms with Gasteiger partial charge in [0.05, 0.1) is 27.7 Å². The van der Waals surface area contributed by atoms with E-state index in [9.17, 15) is 19.0 Å². The first-order valence-electron chi connectivity index (χ1n) is 40.0. The minimum absolute atomic E-state index is 0.0281. The van der Waals surface area contributed by atoms with Crippen LogP contribution in [0.5, 0.6) is 0 Å². The second-order valence-corrected chi connectivity index (χ2v) is 29.8. The number of unbranched alkanes of at least 4 members (excludes halogenated alkanes) is 51. The number of carbonyl (C=O) groups is 2. The normalized spacial score (nSPS) is 13.3. The standard InChI is InChI=1S/C82H154NO8P/c1-6-8-10-12-14-16-18-20-22-24-26-28-30-32-34-35-36-37-38-39-40-41-42-43-44-45-46-47-49-51-53-55-57-59-61-63-65-67-69-71-73-75-82(85)91-80(79-90-92(86,87)89-77-76-83(3,4)5)78-88-81(84)74-72-70-68-66-64-62-60-58-56-54-52-50-48-33-31-29-27-25-23-21-19-17-15-13-11-9-7-2/h8,10,14,16,20,22,25-28,80H,6-7,9,11-13,15,17-19,21,23-24,29-79H2,1-5H3/b10-8-,16-14-,22-20-,27-25-,28-26-. The van der Waals surface area contributed by atoms with Gasteiger partial charge in [0.2, 0.25) is 0 Å². The number of rotatable bonds is 75. The molecule has 0 saturated heterocycles. The fraction of sp³-hybridized carbons (Fsp3) is 0.854. The van der Waals surface area contributed by atoms with Gasteiger partial charge in [0.25, 0.3) is 7.82 Å². The van der Waals surface area contributed by atoms with Gasteiger partial charge >= 0.3 is 11.9 Å². The molecule has 0 rings (SSSR count). The first-order chi connectivity index (χ1) is 45.0. The minimum atomic E-state index is -4.64. The quantitative estimate of drug-likeness (QED) is 0.0195. The van der Waals surface area contributed by atoms with Crippen molar-refractivity contribution < 1.29 is 42.1 Å². The maximum atomic E-state index is 12.9. The van der Waals surface area contributed by atoms with Crippen molar-refractivity contribution in [1.29, 1.82) is 0 Å². The molecular formula is C82H154NO8P. The fourth-order valence-corrected chi connectivity index (χ4v) is 12.7. The number of allylic oxidation sites excluding steroid dienone is 10. The lowest BCUT2D eigenvalue weighted by Crippen LogP contribution is -2.37. The summed E-state index contributed by atoms with van der Waals surface area (Å²) in [5.41, 5.74) is 0. The largest absolute Gasteiger partial charge is 0.756 e. The molecule has 0 saturated carbocycles. The van der Waals surface area contributed by atoms with Gasteiger partial charge in [-0.2, -0.15) is 0 Å². The van der Waals surface area contributed by atoms with Gasteiger partial charge in [-0.05, 0) is 77.0 Å². The lowest BCUT2D eigenvalue weighted by molar-refractivity contribution is -0.870. The van der Waals surface area contributed by atoms with Gasteiger partial charge in [-0.25, -0.2) is 0 Å². The van der Waals surface area contributed by atoms with Gasteiger partial charge in [0, 0.05) is 12.8 Å². The lowest BCUT2D eigenvalue weighted by atomic mass is 10.0. The maximum absolute atomic E-state index is 12.9. The van der Waals surface area contributed by atoms with Crippen LogP contribution in [0.3, 0.4) is 0 Å². The van der Waals surface area contributed by atoms with E-state index in [1.165, 1.54) is 308 Å². The zero-order chi connectivity index (χ0) is 66.9. The van der Waals surface area contributed by atoms with E-state index in [4.69, 9.17) is 18.5 Å². The summed E-state index contributed by atoms with van der Waals surface area (Å²) in [4.78, 5) is 38.2. The number of nitrogens with zero attached hydrogens (tertiary/aromatic N) is 1. The first-order valence-corrected chi connectivity index (χ1v) is 41.5. The molecule has 2 unspecified atom stereocenters. The number of ether oxygens (including phenoxy) is 2. The van der Waals surface area contributed by atoms with Crippen molar-refractivity contribution in [3.63, 3.8) is 0 Å². The highest BCUT2D eigenvalue weighted by molar-refractivity contribution is 7.45. The highest BCUT2D eigenvalue weighted by atomic mass is 31.2. The van der Waals surface area contributed by atoms with E-state index in [1.54, 1.807) is 0 Å². The molecule has 9 nitrogen and oxygen atoms in total. The topological polar surface area (TPSA) is 111 Å². The SMILES string of the molecule is CC/C=C\C/C=C\C/C=C\C/C=C\CCCCCCCCCCCCCCCCCCCCCCCCCCCCCCC(=O)OC(COC(=O)CCCCCCCCCCCCCCCCC/C=C\CCCCCCCCCC)COP(=O)([O-])OCC[N+](C)(C)C. The molecule has 92 heavy (non-hydrogen) atoms. The Labute approximate surface area is 572 Å². The van der Waals surface area contributed by atoms with E-state index in [0.29, 0.717) is 17.4 Å². The number of carbonyl (C=O) groups excluding carboxylic acids is 2. The smallest absolute Gasteiger partial charge is 0.306 e. The second kappa shape index (κ2) is 73.0. The molecule has 10 heteroatoms. The molecule has 540 valence electrons. The van der Waals surface area contributed by atoms with E-state index < -0.39 is 26.5 Å². The van der Waals surface area contributed by atoms with Crippen LogP contribution in [-0.4, -0.2) is 70.0 Å².